The molecule has 0 saturated heterocycles. The highest BCUT2D eigenvalue weighted by molar-refractivity contribution is 14.0. The fraction of sp³-hybridized carbons (Fsp3) is 0.909. The minimum Gasteiger partial charge on any atom is -0.444 e. The van der Waals surface area contributed by atoms with Gasteiger partial charge >= 0.3 is 6.09 Å². The number of guanidine groups is 1. The predicted octanol–water partition coefficient (Wildman–Crippen LogP) is 4.26. The molecule has 0 bridgehead atoms. The summed E-state index contributed by atoms with van der Waals surface area (Å²) in [4.78, 5) is 18.7. The summed E-state index contributed by atoms with van der Waals surface area (Å²) in [6.45, 7) is 12.4. The molecule has 0 heterocycles. The van der Waals surface area contributed by atoms with Gasteiger partial charge in [0.1, 0.15) is 5.60 Å². The number of carbonyl (C=O) groups excluding carboxylic acids is 1. The van der Waals surface area contributed by atoms with Gasteiger partial charge in [-0.1, -0.05) is 20.3 Å². The summed E-state index contributed by atoms with van der Waals surface area (Å²) < 4.78 is 10.7. The van der Waals surface area contributed by atoms with Crippen LogP contribution in [0.25, 0.3) is 0 Å². The Kier molecular flexibility index (Phi) is 13.3. The van der Waals surface area contributed by atoms with Gasteiger partial charge in [0, 0.05) is 46.9 Å². The molecule has 0 aliphatic heterocycles. The second-order valence-electron chi connectivity index (χ2n) is 9.70. The average Bonchev–Trinajstić information content (AvgIpc) is 2.58. The Hall–Kier alpha value is -0.770. The quantitative estimate of drug-likeness (QED) is 0.246. The number of rotatable bonds is 10. The van der Waals surface area contributed by atoms with Crippen molar-refractivity contribution < 1.29 is 14.3 Å². The van der Waals surface area contributed by atoms with Crippen molar-refractivity contribution in [2.75, 3.05) is 40.9 Å². The maximum atomic E-state index is 12.2. The van der Waals surface area contributed by atoms with Crippen LogP contribution >= 0.6 is 24.0 Å². The van der Waals surface area contributed by atoms with Crippen molar-refractivity contribution in [3.63, 3.8) is 0 Å². The molecule has 1 amide bonds. The average molecular weight is 541 g/mol. The van der Waals surface area contributed by atoms with Crippen LogP contribution in [0.1, 0.15) is 66.7 Å². The van der Waals surface area contributed by atoms with E-state index in [1.807, 2.05) is 34.9 Å². The number of nitrogens with zero attached hydrogens (tertiary/aromatic N) is 2. The molecule has 2 N–H and O–H groups in total. The SMILES string of the molecule is CN=C(NCC1(CCOC)CCC1)N(C)CCC(NC(=O)OC(C)(C)C)C(C)C.I. The van der Waals surface area contributed by atoms with Crippen LogP contribution in [-0.2, 0) is 9.47 Å². The lowest BCUT2D eigenvalue weighted by molar-refractivity contribution is 0.0485. The number of amides is 1. The number of carbonyl (C=O) groups is 1. The minimum atomic E-state index is -0.491. The van der Waals surface area contributed by atoms with E-state index >= 15 is 0 Å². The molecule has 0 spiro atoms. The van der Waals surface area contributed by atoms with E-state index in [0.717, 1.165) is 38.5 Å². The first-order valence-electron chi connectivity index (χ1n) is 10.9. The number of hydrogen-bond acceptors (Lipinski definition) is 4. The van der Waals surface area contributed by atoms with E-state index in [-0.39, 0.29) is 36.1 Å². The first kappa shape index (κ1) is 29.2. The minimum absolute atomic E-state index is 0. The highest BCUT2D eigenvalue weighted by atomic mass is 127. The van der Waals surface area contributed by atoms with Crippen LogP contribution in [0.2, 0.25) is 0 Å². The van der Waals surface area contributed by atoms with E-state index in [1.165, 1.54) is 19.3 Å². The standard InChI is InChI=1S/C22H44N4O3.HI/c1-17(2)18(25-20(27)29-21(3,4)5)10-14-26(7)19(23-6)24-16-22(11-9-12-22)13-15-28-8;/h17-18H,9-16H2,1-8H3,(H,23,24)(H,25,27);1H. The van der Waals surface area contributed by atoms with Crippen LogP contribution in [0.5, 0.6) is 0 Å². The molecule has 1 aliphatic carbocycles. The summed E-state index contributed by atoms with van der Waals surface area (Å²) in [6.07, 6.45) is 5.35. The van der Waals surface area contributed by atoms with Crippen molar-refractivity contribution in [1.29, 1.82) is 0 Å². The van der Waals surface area contributed by atoms with Crippen molar-refractivity contribution in [1.82, 2.24) is 15.5 Å². The molecular weight excluding hydrogens is 495 g/mol. The van der Waals surface area contributed by atoms with Crippen LogP contribution < -0.4 is 10.6 Å². The van der Waals surface area contributed by atoms with Gasteiger partial charge in [-0.2, -0.15) is 0 Å². The van der Waals surface area contributed by atoms with Gasteiger partial charge in [0.2, 0.25) is 0 Å². The lowest BCUT2D eigenvalue weighted by Crippen LogP contribution is -2.49. The lowest BCUT2D eigenvalue weighted by Gasteiger charge is -2.42. The number of nitrogens with one attached hydrogen (secondary N) is 2. The van der Waals surface area contributed by atoms with Crippen molar-refractivity contribution in [3.05, 3.63) is 0 Å². The first-order chi connectivity index (χ1) is 13.5. The van der Waals surface area contributed by atoms with Crippen molar-refractivity contribution >= 4 is 36.0 Å². The highest BCUT2D eigenvalue weighted by Gasteiger charge is 2.36. The molecule has 1 fully saturated rings. The van der Waals surface area contributed by atoms with Crippen LogP contribution in [0.15, 0.2) is 4.99 Å². The summed E-state index contributed by atoms with van der Waals surface area (Å²) in [5.41, 5.74) is -0.153. The van der Waals surface area contributed by atoms with Gasteiger partial charge < -0.3 is 25.0 Å². The maximum Gasteiger partial charge on any atom is 0.407 e. The number of halogens is 1. The third kappa shape index (κ3) is 10.5. The van der Waals surface area contributed by atoms with Gasteiger partial charge in [-0.15, -0.1) is 24.0 Å². The van der Waals surface area contributed by atoms with Gasteiger partial charge in [-0.3, -0.25) is 4.99 Å². The lowest BCUT2D eigenvalue weighted by atomic mass is 9.67. The monoisotopic (exact) mass is 540 g/mol. The topological polar surface area (TPSA) is 75.2 Å². The molecular formula is C22H45IN4O3. The van der Waals surface area contributed by atoms with Gasteiger partial charge in [0.25, 0.3) is 0 Å². The largest absolute Gasteiger partial charge is 0.444 e. The Bertz CT molecular complexity index is 531. The molecule has 1 atom stereocenters. The van der Waals surface area contributed by atoms with E-state index in [1.54, 1.807) is 7.11 Å². The molecule has 7 nitrogen and oxygen atoms in total. The molecule has 178 valence electrons. The number of ether oxygens (including phenoxy) is 2. The third-order valence-corrected chi connectivity index (χ3v) is 5.73. The van der Waals surface area contributed by atoms with Gasteiger partial charge in [0.15, 0.2) is 5.96 Å². The second kappa shape index (κ2) is 13.6. The van der Waals surface area contributed by atoms with E-state index in [0.29, 0.717) is 11.3 Å². The zero-order chi connectivity index (χ0) is 22.1. The number of alkyl carbamates (subject to hydrolysis) is 1. The summed E-state index contributed by atoms with van der Waals surface area (Å²) in [5.74, 6) is 1.21. The third-order valence-electron chi connectivity index (χ3n) is 5.73. The Morgan fingerprint density at radius 3 is 2.33 bits per heavy atom. The molecule has 0 aromatic heterocycles. The first-order valence-corrected chi connectivity index (χ1v) is 10.9. The van der Waals surface area contributed by atoms with Gasteiger partial charge in [-0.05, 0) is 57.8 Å². The molecule has 0 aromatic rings. The second-order valence-corrected chi connectivity index (χ2v) is 9.70. The van der Waals surface area contributed by atoms with E-state index < -0.39 is 5.60 Å². The van der Waals surface area contributed by atoms with Crippen LogP contribution in [-0.4, -0.2) is 69.5 Å². The van der Waals surface area contributed by atoms with Gasteiger partial charge in [0.05, 0.1) is 0 Å². The zero-order valence-electron chi connectivity index (χ0n) is 20.3. The van der Waals surface area contributed by atoms with E-state index in [4.69, 9.17) is 9.47 Å². The van der Waals surface area contributed by atoms with Crippen molar-refractivity contribution in [2.45, 2.75) is 78.4 Å². The molecule has 8 heteroatoms. The molecule has 1 aliphatic rings. The molecule has 1 rings (SSSR count). The zero-order valence-corrected chi connectivity index (χ0v) is 22.7. The predicted molar refractivity (Wildman–Crippen MR) is 135 cm³/mol. The summed E-state index contributed by atoms with van der Waals surface area (Å²) >= 11 is 0. The number of methoxy groups -OCH3 is 1. The van der Waals surface area contributed by atoms with E-state index in [9.17, 15) is 4.79 Å². The van der Waals surface area contributed by atoms with E-state index in [2.05, 4.69) is 34.4 Å². The fourth-order valence-electron chi connectivity index (χ4n) is 3.63. The Morgan fingerprint density at radius 1 is 1.27 bits per heavy atom. The van der Waals surface area contributed by atoms with Crippen LogP contribution in [0.3, 0.4) is 0 Å². The van der Waals surface area contributed by atoms with Gasteiger partial charge in [-0.25, -0.2) is 4.79 Å². The molecule has 1 saturated carbocycles. The maximum absolute atomic E-state index is 12.2. The highest BCUT2D eigenvalue weighted by Crippen LogP contribution is 2.43. The van der Waals surface area contributed by atoms with Crippen molar-refractivity contribution in [3.8, 4) is 0 Å². The normalized spacial score (nSPS) is 16.9. The molecule has 1 unspecified atom stereocenters. The summed E-state index contributed by atoms with van der Waals surface area (Å²) in [5, 5.41) is 6.58. The molecule has 30 heavy (non-hydrogen) atoms. The number of hydrogen-bond donors (Lipinski definition) is 2. The van der Waals surface area contributed by atoms with Crippen molar-refractivity contribution in [2.24, 2.45) is 16.3 Å². The summed E-state index contributed by atoms with van der Waals surface area (Å²) in [6, 6.07) is 0.0464. The molecule has 0 radical (unpaired) electrons. The smallest absolute Gasteiger partial charge is 0.407 e. The Morgan fingerprint density at radius 2 is 1.90 bits per heavy atom. The van der Waals surface area contributed by atoms with Crippen LogP contribution in [0, 0.1) is 11.3 Å². The Balaban J connectivity index is 0.00000841. The fourth-order valence-corrected chi connectivity index (χ4v) is 3.63. The summed E-state index contributed by atoms with van der Waals surface area (Å²) in [7, 11) is 5.63. The number of aliphatic imine (C=N–C) groups is 1. The Labute approximate surface area is 201 Å². The molecule has 0 aromatic carbocycles. The van der Waals surface area contributed by atoms with Crippen LogP contribution in [0.4, 0.5) is 4.79 Å².